The highest BCUT2D eigenvalue weighted by molar-refractivity contribution is 9.10. The molecule has 1 aliphatic heterocycles. The topological polar surface area (TPSA) is 15.7 Å². The smallest absolute Gasteiger partial charge is 0.406 e. The van der Waals surface area contributed by atoms with E-state index in [-0.39, 0.29) is 5.75 Å². The first-order valence-corrected chi connectivity index (χ1v) is 7.65. The van der Waals surface area contributed by atoms with Crippen LogP contribution in [0.5, 0.6) is 5.75 Å². The minimum Gasteiger partial charge on any atom is -0.406 e. The Hall–Kier alpha value is -0.790. The van der Waals surface area contributed by atoms with Gasteiger partial charge in [0.2, 0.25) is 0 Å². The minimum atomic E-state index is -4.66. The van der Waals surface area contributed by atoms with Gasteiger partial charge in [-0.25, -0.2) is 0 Å². The molecule has 0 bridgehead atoms. The van der Waals surface area contributed by atoms with Gasteiger partial charge in [-0.2, -0.15) is 0 Å². The first kappa shape index (κ1) is 16.6. The zero-order valence-electron chi connectivity index (χ0n) is 11.8. The zero-order valence-corrected chi connectivity index (χ0v) is 13.4. The van der Waals surface area contributed by atoms with Crippen LogP contribution >= 0.6 is 15.9 Å². The quantitative estimate of drug-likeness (QED) is 0.811. The van der Waals surface area contributed by atoms with Crippen LogP contribution in [0.25, 0.3) is 0 Å². The summed E-state index contributed by atoms with van der Waals surface area (Å²) in [6.07, 6.45) is -4.66. The molecule has 0 aliphatic carbocycles. The molecule has 21 heavy (non-hydrogen) atoms. The van der Waals surface area contributed by atoms with E-state index < -0.39 is 6.36 Å². The van der Waals surface area contributed by atoms with Gasteiger partial charge in [0.1, 0.15) is 5.75 Å². The second-order valence-electron chi connectivity index (χ2n) is 5.05. The molecular weight excluding hydrogens is 349 g/mol. The van der Waals surface area contributed by atoms with Crippen molar-refractivity contribution >= 4 is 15.9 Å². The van der Waals surface area contributed by atoms with Crippen molar-refractivity contribution in [2.24, 2.45) is 0 Å². The van der Waals surface area contributed by atoms with Gasteiger partial charge in [-0.3, -0.25) is 4.90 Å². The summed E-state index contributed by atoms with van der Waals surface area (Å²) in [6.45, 7) is 7.64. The lowest BCUT2D eigenvalue weighted by atomic mass is 10.2. The standard InChI is InChI=1S/C14H18BrF3N2O/c1-2-19-3-5-20(6-4-19)10-11-7-12(15)9-13(8-11)21-14(16,17)18/h7-9H,2-6,10H2,1H3. The predicted molar refractivity (Wildman–Crippen MR) is 78.2 cm³/mol. The van der Waals surface area contributed by atoms with Gasteiger partial charge in [-0.05, 0) is 30.3 Å². The number of likely N-dealkylation sites (N-methyl/N-ethyl adjacent to an activating group) is 1. The molecule has 7 heteroatoms. The first-order valence-electron chi connectivity index (χ1n) is 6.85. The second-order valence-corrected chi connectivity index (χ2v) is 5.97. The van der Waals surface area contributed by atoms with Crippen LogP contribution in [0.15, 0.2) is 22.7 Å². The normalized spacial score (nSPS) is 18.0. The molecule has 118 valence electrons. The van der Waals surface area contributed by atoms with E-state index in [0.29, 0.717) is 11.0 Å². The number of piperazine rings is 1. The van der Waals surface area contributed by atoms with Crippen molar-refractivity contribution < 1.29 is 17.9 Å². The van der Waals surface area contributed by atoms with E-state index in [1.165, 1.54) is 12.1 Å². The van der Waals surface area contributed by atoms with Crippen molar-refractivity contribution in [1.29, 1.82) is 0 Å². The SMILES string of the molecule is CCN1CCN(Cc2cc(Br)cc(OC(F)(F)F)c2)CC1. The van der Waals surface area contributed by atoms with E-state index in [4.69, 9.17) is 0 Å². The average Bonchev–Trinajstić information content (AvgIpc) is 2.36. The van der Waals surface area contributed by atoms with Gasteiger partial charge < -0.3 is 9.64 Å². The van der Waals surface area contributed by atoms with Gasteiger partial charge in [0.15, 0.2) is 0 Å². The van der Waals surface area contributed by atoms with Gasteiger partial charge in [0.25, 0.3) is 0 Å². The van der Waals surface area contributed by atoms with Crippen molar-refractivity contribution in [3.05, 3.63) is 28.2 Å². The molecule has 1 heterocycles. The third-order valence-corrected chi connectivity index (χ3v) is 3.94. The molecule has 1 saturated heterocycles. The van der Waals surface area contributed by atoms with Crippen LogP contribution in [0.2, 0.25) is 0 Å². The summed E-state index contributed by atoms with van der Waals surface area (Å²) in [5.41, 5.74) is 0.813. The lowest BCUT2D eigenvalue weighted by molar-refractivity contribution is -0.274. The van der Waals surface area contributed by atoms with Gasteiger partial charge in [-0.15, -0.1) is 13.2 Å². The summed E-state index contributed by atoms with van der Waals surface area (Å²) >= 11 is 3.23. The summed E-state index contributed by atoms with van der Waals surface area (Å²) in [5, 5.41) is 0. The number of halogens is 4. The highest BCUT2D eigenvalue weighted by Crippen LogP contribution is 2.27. The summed E-state index contributed by atoms with van der Waals surface area (Å²) in [6, 6.07) is 4.60. The minimum absolute atomic E-state index is 0.181. The maximum atomic E-state index is 12.3. The average molecular weight is 367 g/mol. The number of benzene rings is 1. The van der Waals surface area contributed by atoms with Crippen molar-refractivity contribution in [1.82, 2.24) is 9.80 Å². The molecule has 1 fully saturated rings. The van der Waals surface area contributed by atoms with Crippen LogP contribution in [-0.4, -0.2) is 48.9 Å². The Morgan fingerprint density at radius 1 is 1.10 bits per heavy atom. The number of ether oxygens (including phenoxy) is 1. The van der Waals surface area contributed by atoms with Gasteiger partial charge in [0, 0.05) is 37.2 Å². The third-order valence-electron chi connectivity index (χ3n) is 3.48. The number of hydrogen-bond acceptors (Lipinski definition) is 3. The third kappa shape index (κ3) is 5.48. The molecule has 0 radical (unpaired) electrons. The van der Waals surface area contributed by atoms with Crippen molar-refractivity contribution in [2.75, 3.05) is 32.7 Å². The summed E-state index contributed by atoms with van der Waals surface area (Å²) < 4.78 is 41.5. The van der Waals surface area contributed by atoms with Crippen molar-refractivity contribution in [3.63, 3.8) is 0 Å². The Bertz CT molecular complexity index is 474. The summed E-state index contributed by atoms with van der Waals surface area (Å²) in [4.78, 5) is 4.60. The lowest BCUT2D eigenvalue weighted by Crippen LogP contribution is -2.45. The van der Waals surface area contributed by atoms with Crippen LogP contribution in [0, 0.1) is 0 Å². The molecule has 0 amide bonds. The maximum Gasteiger partial charge on any atom is 0.573 e. The second kappa shape index (κ2) is 6.98. The molecular formula is C14H18BrF3N2O. The van der Waals surface area contributed by atoms with E-state index in [1.807, 2.05) is 6.07 Å². The molecule has 0 unspecified atom stereocenters. The molecule has 1 aliphatic rings. The summed E-state index contributed by atoms with van der Waals surface area (Å²) in [5.74, 6) is -0.181. The predicted octanol–water partition coefficient (Wildman–Crippen LogP) is 3.49. The number of rotatable bonds is 4. The largest absolute Gasteiger partial charge is 0.573 e. The van der Waals surface area contributed by atoms with E-state index in [2.05, 4.69) is 37.4 Å². The molecule has 3 nitrogen and oxygen atoms in total. The zero-order chi connectivity index (χ0) is 15.5. The number of hydrogen-bond donors (Lipinski definition) is 0. The molecule has 0 atom stereocenters. The Balaban J connectivity index is 2.00. The van der Waals surface area contributed by atoms with Crippen molar-refractivity contribution in [3.8, 4) is 5.75 Å². The molecule has 2 rings (SSSR count). The fourth-order valence-corrected chi connectivity index (χ4v) is 2.95. The Morgan fingerprint density at radius 3 is 2.29 bits per heavy atom. The van der Waals surface area contributed by atoms with Gasteiger partial charge in [0.05, 0.1) is 0 Å². The number of nitrogens with zero attached hydrogens (tertiary/aromatic N) is 2. The Labute approximate surface area is 130 Å². The first-order chi connectivity index (χ1) is 9.85. The van der Waals surface area contributed by atoms with E-state index in [9.17, 15) is 13.2 Å². The van der Waals surface area contributed by atoms with E-state index in [1.54, 1.807) is 0 Å². The molecule has 0 spiro atoms. The van der Waals surface area contributed by atoms with E-state index in [0.717, 1.165) is 38.3 Å². The van der Waals surface area contributed by atoms with Gasteiger partial charge >= 0.3 is 6.36 Å². The van der Waals surface area contributed by atoms with E-state index >= 15 is 0 Å². The van der Waals surface area contributed by atoms with Crippen LogP contribution < -0.4 is 4.74 Å². The van der Waals surface area contributed by atoms with Crippen LogP contribution in [0.3, 0.4) is 0 Å². The Morgan fingerprint density at radius 2 is 1.71 bits per heavy atom. The van der Waals surface area contributed by atoms with Gasteiger partial charge in [-0.1, -0.05) is 22.9 Å². The molecule has 0 saturated carbocycles. The maximum absolute atomic E-state index is 12.3. The van der Waals surface area contributed by atoms with Crippen LogP contribution in [0.1, 0.15) is 12.5 Å². The van der Waals surface area contributed by atoms with Crippen molar-refractivity contribution in [2.45, 2.75) is 19.8 Å². The highest BCUT2D eigenvalue weighted by Gasteiger charge is 2.31. The highest BCUT2D eigenvalue weighted by atomic mass is 79.9. The molecule has 1 aromatic rings. The summed E-state index contributed by atoms with van der Waals surface area (Å²) in [7, 11) is 0. The fraction of sp³-hybridized carbons (Fsp3) is 0.571. The fourth-order valence-electron chi connectivity index (χ4n) is 2.43. The van der Waals surface area contributed by atoms with Crippen LogP contribution in [-0.2, 0) is 6.54 Å². The lowest BCUT2D eigenvalue weighted by Gasteiger charge is -2.34. The molecule has 0 N–H and O–H groups in total. The van der Waals surface area contributed by atoms with Crippen LogP contribution in [0.4, 0.5) is 13.2 Å². The molecule has 1 aromatic carbocycles. The molecule has 0 aromatic heterocycles. The monoisotopic (exact) mass is 366 g/mol. The Kier molecular flexibility index (Phi) is 5.51. The number of alkyl halides is 3.